The summed E-state index contributed by atoms with van der Waals surface area (Å²) >= 11 is 0. The zero-order chi connectivity index (χ0) is 34.4. The van der Waals surface area contributed by atoms with Crippen LogP contribution < -0.4 is 9.97 Å². The molecule has 0 bridgehead atoms. The van der Waals surface area contributed by atoms with Crippen molar-refractivity contribution < 1.29 is 32.0 Å². The molecule has 0 aliphatic heterocycles. The second-order valence-electron chi connectivity index (χ2n) is 15.8. The number of nitrogens with zero attached hydrogens (tertiary/aromatic N) is 4. The Hall–Kier alpha value is -3.05. The topological polar surface area (TPSA) is 110 Å². The predicted molar refractivity (Wildman–Crippen MR) is 202 cm³/mol. The summed E-state index contributed by atoms with van der Waals surface area (Å²) in [5.41, 5.74) is 11.9. The van der Waals surface area contributed by atoms with Gasteiger partial charge in [-0.25, -0.2) is 0 Å². The summed E-state index contributed by atoms with van der Waals surface area (Å²) in [5, 5.41) is 0. The maximum atomic E-state index is 4.75. The molecule has 0 saturated heterocycles. The minimum absolute atomic E-state index is 0. The van der Waals surface area contributed by atoms with E-state index < -0.39 is 0 Å². The minimum atomic E-state index is 0. The van der Waals surface area contributed by atoms with Crippen molar-refractivity contribution in [2.45, 2.75) is 131 Å². The third kappa shape index (κ3) is 13.3. The monoisotopic (exact) mass is 748 g/mol. The fourth-order valence-corrected chi connectivity index (χ4v) is 5.30. The van der Waals surface area contributed by atoms with Gasteiger partial charge in [-0.2, -0.15) is 11.4 Å². The Morgan fingerprint density at radius 1 is 0.490 bits per heavy atom. The maximum absolute atomic E-state index is 4.75. The summed E-state index contributed by atoms with van der Waals surface area (Å²) in [4.78, 5) is 18.7. The van der Waals surface area contributed by atoms with Crippen molar-refractivity contribution in [2.75, 3.05) is 0 Å². The van der Waals surface area contributed by atoms with Crippen LogP contribution in [-0.4, -0.2) is 12.4 Å². The molecule has 4 rings (SSSR count). The first-order valence-electron chi connectivity index (χ1n) is 17.0. The molecule has 2 aromatic heterocycles. The molecule has 49 heavy (non-hydrogen) atoms. The van der Waals surface area contributed by atoms with Gasteiger partial charge in [0.25, 0.3) is 0 Å². The van der Waals surface area contributed by atoms with Crippen molar-refractivity contribution in [2.24, 2.45) is 9.98 Å². The van der Waals surface area contributed by atoms with E-state index in [0.29, 0.717) is 23.7 Å². The predicted octanol–water partition coefficient (Wildman–Crippen LogP) is 11.6. The van der Waals surface area contributed by atoms with Crippen LogP contribution in [0.3, 0.4) is 0 Å². The third-order valence-corrected chi connectivity index (χ3v) is 8.19. The van der Waals surface area contributed by atoms with E-state index in [1.54, 1.807) is 0 Å². The molecule has 7 heteroatoms. The molecular weight excluding hydrogens is 688 g/mol. The van der Waals surface area contributed by atoms with Gasteiger partial charge in [0.15, 0.2) is 0 Å². The van der Waals surface area contributed by atoms with Crippen LogP contribution >= 0.6 is 0 Å². The van der Waals surface area contributed by atoms with E-state index in [1.165, 1.54) is 33.6 Å². The first-order valence-corrected chi connectivity index (χ1v) is 17.0. The fourth-order valence-electron chi connectivity index (χ4n) is 5.30. The molecule has 0 fully saturated rings. The van der Waals surface area contributed by atoms with E-state index >= 15 is 0 Å². The van der Waals surface area contributed by atoms with E-state index in [4.69, 9.17) is 9.97 Å². The van der Waals surface area contributed by atoms with E-state index in [2.05, 4.69) is 168 Å². The van der Waals surface area contributed by atoms with Gasteiger partial charge < -0.3 is 20.9 Å². The first kappa shape index (κ1) is 45.9. The molecule has 0 amide bonds. The first-order chi connectivity index (χ1) is 21.4. The Labute approximate surface area is 311 Å². The molecule has 0 aliphatic carbocycles. The van der Waals surface area contributed by atoms with Gasteiger partial charge in [-0.1, -0.05) is 144 Å². The second-order valence-corrected chi connectivity index (χ2v) is 15.8. The number of rotatable bonds is 8. The van der Waals surface area contributed by atoms with Crippen molar-refractivity contribution in [3.63, 3.8) is 0 Å². The normalized spacial score (nSPS) is 12.0. The van der Waals surface area contributed by atoms with Gasteiger partial charge >= 0.3 is 0 Å². The maximum Gasteiger partial charge on any atom is 0.0629 e. The zero-order valence-corrected chi connectivity index (χ0v) is 34.3. The fraction of sp³-hybridized carbons (Fsp3) is 0.476. The van der Waals surface area contributed by atoms with Gasteiger partial charge in [-0.05, 0) is 69.9 Å². The Bertz CT molecular complexity index is 1420. The smallest absolute Gasteiger partial charge is 0.0629 e. The van der Waals surface area contributed by atoms with E-state index in [-0.39, 0.29) is 42.8 Å². The zero-order valence-electron chi connectivity index (χ0n) is 32.3. The SMILES string of the molecule is CC(C)c1cc(C=Nc2ccc(C(C)(C)C)cc2)[n-]c1C(C)C.CC(C)c1cc(C=Nc2ccc(C(C)(C)C)cc2)[n-]c1C(C)C.[Mo].[O-2].[O-2]. The Morgan fingerprint density at radius 3 is 0.980 bits per heavy atom. The Balaban J connectivity index is 0.000000886. The van der Waals surface area contributed by atoms with E-state index in [9.17, 15) is 0 Å². The quantitative estimate of drug-likeness (QED) is 0.132. The van der Waals surface area contributed by atoms with Gasteiger partial charge in [-0.15, -0.1) is 11.4 Å². The van der Waals surface area contributed by atoms with Crippen molar-refractivity contribution in [3.8, 4) is 0 Å². The number of benzene rings is 2. The van der Waals surface area contributed by atoms with Gasteiger partial charge in [0, 0.05) is 33.5 Å². The van der Waals surface area contributed by atoms with Crippen LogP contribution in [0.25, 0.3) is 0 Å². The average Bonchev–Trinajstić information content (AvgIpc) is 3.61. The van der Waals surface area contributed by atoms with Crippen LogP contribution in [0, 0.1) is 0 Å². The molecule has 270 valence electrons. The van der Waals surface area contributed by atoms with Gasteiger partial charge in [-0.3, -0.25) is 9.98 Å². The molecule has 6 nitrogen and oxygen atoms in total. The molecule has 0 aliphatic rings. The van der Waals surface area contributed by atoms with Crippen LogP contribution in [0.2, 0.25) is 0 Å². The van der Waals surface area contributed by atoms with Crippen LogP contribution in [0.1, 0.15) is 166 Å². The largest absolute Gasteiger partial charge is 2.00 e. The van der Waals surface area contributed by atoms with Gasteiger partial charge in [0.05, 0.1) is 11.4 Å². The number of hydrogen-bond acceptors (Lipinski definition) is 2. The molecule has 4 aromatic rings. The van der Waals surface area contributed by atoms with Crippen LogP contribution in [-0.2, 0) is 42.8 Å². The molecular formula is C42H58MoN4O2-6. The van der Waals surface area contributed by atoms with Crippen LogP contribution in [0.4, 0.5) is 11.4 Å². The van der Waals surface area contributed by atoms with Crippen LogP contribution in [0.15, 0.2) is 70.6 Å². The number of aromatic nitrogens is 2. The van der Waals surface area contributed by atoms with Crippen LogP contribution in [0.5, 0.6) is 0 Å². The molecule has 0 N–H and O–H groups in total. The van der Waals surface area contributed by atoms with Crippen molar-refractivity contribution in [3.05, 3.63) is 106 Å². The molecule has 2 heterocycles. The molecule has 0 saturated carbocycles. The summed E-state index contributed by atoms with van der Waals surface area (Å²) in [6, 6.07) is 21.3. The molecule has 2 aromatic carbocycles. The number of hydrogen-bond donors (Lipinski definition) is 0. The Kier molecular flexibility index (Phi) is 18.2. The molecule has 0 unspecified atom stereocenters. The van der Waals surface area contributed by atoms with Crippen molar-refractivity contribution >= 4 is 23.8 Å². The van der Waals surface area contributed by atoms with Crippen molar-refractivity contribution in [1.82, 2.24) is 9.97 Å². The summed E-state index contributed by atoms with van der Waals surface area (Å²) < 4.78 is 0. The standard InChI is InChI=1S/2C21H29N2.Mo.2O/c2*1-14(2)19-12-18(23-20(19)15(3)4)13-22-17-10-8-16(9-11-17)21(5,6)7;;;/h2*8-15H,1-7H3;;;/q2*-1;;2*-2. The number of aliphatic imine (C=N–C) groups is 2. The molecule has 0 radical (unpaired) electrons. The second kappa shape index (κ2) is 19.4. The van der Waals surface area contributed by atoms with Gasteiger partial charge in [0.2, 0.25) is 0 Å². The summed E-state index contributed by atoms with van der Waals surface area (Å²) in [5.74, 6) is 1.88. The molecule has 0 spiro atoms. The summed E-state index contributed by atoms with van der Waals surface area (Å²) in [6.07, 6.45) is 3.76. The summed E-state index contributed by atoms with van der Waals surface area (Å²) in [7, 11) is 0. The van der Waals surface area contributed by atoms with Crippen molar-refractivity contribution in [1.29, 1.82) is 0 Å². The molecule has 0 atom stereocenters. The van der Waals surface area contributed by atoms with E-state index in [1.807, 2.05) is 12.4 Å². The average molecular weight is 747 g/mol. The van der Waals surface area contributed by atoms with Gasteiger partial charge in [0.1, 0.15) is 0 Å². The minimum Gasteiger partial charge on any atom is -2.00 e. The summed E-state index contributed by atoms with van der Waals surface area (Å²) in [6.45, 7) is 31.0. The third-order valence-electron chi connectivity index (χ3n) is 8.19. The van der Waals surface area contributed by atoms with E-state index in [0.717, 1.165) is 22.8 Å². The Morgan fingerprint density at radius 2 is 0.776 bits per heavy atom.